The molecule has 2 aromatic rings. The predicted molar refractivity (Wildman–Crippen MR) is 96.0 cm³/mol. The predicted octanol–water partition coefficient (Wildman–Crippen LogP) is 3.55. The molecule has 6 nitrogen and oxygen atoms in total. The van der Waals surface area contributed by atoms with Gasteiger partial charge in [0.15, 0.2) is 0 Å². The van der Waals surface area contributed by atoms with Gasteiger partial charge >= 0.3 is 5.97 Å². The third-order valence-corrected chi connectivity index (χ3v) is 3.60. The summed E-state index contributed by atoms with van der Waals surface area (Å²) in [6, 6.07) is 9.15. The Morgan fingerprint density at radius 2 is 1.88 bits per heavy atom. The van der Waals surface area contributed by atoms with Crippen LogP contribution in [0, 0.1) is 6.92 Å². The molecular weight excluding hydrogens is 304 g/mol. The maximum Gasteiger partial charge on any atom is 0.340 e. The van der Waals surface area contributed by atoms with Crippen molar-refractivity contribution in [3.05, 3.63) is 41.6 Å². The summed E-state index contributed by atoms with van der Waals surface area (Å²) < 4.78 is 5.10. The molecule has 0 amide bonds. The van der Waals surface area contributed by atoms with Crippen molar-refractivity contribution in [1.82, 2.24) is 9.97 Å². The lowest BCUT2D eigenvalue weighted by molar-refractivity contribution is 0.0527. The molecule has 0 fully saturated rings. The van der Waals surface area contributed by atoms with Gasteiger partial charge in [0.25, 0.3) is 0 Å². The highest BCUT2D eigenvalue weighted by molar-refractivity contribution is 5.96. The number of para-hydroxylation sites is 1. The van der Waals surface area contributed by atoms with E-state index in [4.69, 9.17) is 4.74 Å². The van der Waals surface area contributed by atoms with E-state index in [0.717, 1.165) is 24.6 Å². The number of nitrogens with zero attached hydrogens (tertiary/aromatic N) is 3. The molecule has 0 aliphatic carbocycles. The van der Waals surface area contributed by atoms with E-state index in [0.29, 0.717) is 23.8 Å². The zero-order valence-corrected chi connectivity index (χ0v) is 14.7. The smallest absolute Gasteiger partial charge is 0.340 e. The van der Waals surface area contributed by atoms with Gasteiger partial charge < -0.3 is 15.0 Å². The minimum absolute atomic E-state index is 0.334. The van der Waals surface area contributed by atoms with Crippen LogP contribution in [0.4, 0.5) is 17.5 Å². The molecule has 0 aliphatic rings. The van der Waals surface area contributed by atoms with Gasteiger partial charge in [0.05, 0.1) is 17.9 Å². The van der Waals surface area contributed by atoms with Gasteiger partial charge in [0.2, 0.25) is 5.95 Å². The number of benzene rings is 1. The van der Waals surface area contributed by atoms with Gasteiger partial charge in [-0.1, -0.05) is 12.1 Å². The first-order valence-electron chi connectivity index (χ1n) is 8.22. The zero-order chi connectivity index (χ0) is 17.5. The van der Waals surface area contributed by atoms with Crippen LogP contribution in [0.1, 0.15) is 36.8 Å². The fraction of sp³-hybridized carbons (Fsp3) is 0.389. The van der Waals surface area contributed by atoms with Crippen molar-refractivity contribution in [2.75, 3.05) is 29.9 Å². The van der Waals surface area contributed by atoms with Crippen molar-refractivity contribution in [3.8, 4) is 0 Å². The van der Waals surface area contributed by atoms with Crippen LogP contribution in [0.5, 0.6) is 0 Å². The third kappa shape index (κ3) is 4.22. The van der Waals surface area contributed by atoms with E-state index in [1.165, 1.54) is 0 Å². The van der Waals surface area contributed by atoms with Crippen molar-refractivity contribution in [2.24, 2.45) is 0 Å². The Morgan fingerprint density at radius 3 is 2.54 bits per heavy atom. The highest BCUT2D eigenvalue weighted by Gasteiger charge is 2.14. The number of anilines is 3. The summed E-state index contributed by atoms with van der Waals surface area (Å²) in [6.45, 7) is 9.96. The summed E-state index contributed by atoms with van der Waals surface area (Å²) in [6.07, 6.45) is 0. The van der Waals surface area contributed by atoms with Gasteiger partial charge in [-0.25, -0.2) is 9.78 Å². The highest BCUT2D eigenvalue weighted by Crippen LogP contribution is 2.22. The number of esters is 1. The molecule has 0 radical (unpaired) electrons. The Morgan fingerprint density at radius 1 is 1.17 bits per heavy atom. The molecule has 0 saturated heterocycles. The molecule has 1 heterocycles. The second-order valence-corrected chi connectivity index (χ2v) is 5.25. The molecule has 0 atom stereocenters. The average Bonchev–Trinajstić information content (AvgIpc) is 2.56. The van der Waals surface area contributed by atoms with E-state index < -0.39 is 0 Å². The van der Waals surface area contributed by atoms with E-state index in [1.807, 2.05) is 25.1 Å². The van der Waals surface area contributed by atoms with E-state index in [2.05, 4.69) is 34.0 Å². The Labute approximate surface area is 142 Å². The molecule has 24 heavy (non-hydrogen) atoms. The number of ether oxygens (including phenoxy) is 1. The lowest BCUT2D eigenvalue weighted by atomic mass is 10.2. The first kappa shape index (κ1) is 17.7. The van der Waals surface area contributed by atoms with Crippen molar-refractivity contribution >= 4 is 23.4 Å². The molecule has 2 rings (SSSR count). The zero-order valence-electron chi connectivity index (χ0n) is 14.7. The van der Waals surface area contributed by atoms with Gasteiger partial charge in [-0.05, 0) is 39.8 Å². The van der Waals surface area contributed by atoms with Gasteiger partial charge in [-0.15, -0.1) is 0 Å². The molecule has 1 N–H and O–H groups in total. The Bertz CT molecular complexity index is 699. The van der Waals surface area contributed by atoms with Crippen LogP contribution in [-0.4, -0.2) is 35.6 Å². The van der Waals surface area contributed by atoms with Crippen molar-refractivity contribution in [2.45, 2.75) is 27.7 Å². The van der Waals surface area contributed by atoms with Crippen molar-refractivity contribution < 1.29 is 9.53 Å². The molecule has 1 aromatic carbocycles. The summed E-state index contributed by atoms with van der Waals surface area (Å²) in [5.74, 6) is 0.967. The number of carbonyl (C=O) groups excluding carboxylic acids is 1. The first-order valence-corrected chi connectivity index (χ1v) is 8.22. The maximum absolute atomic E-state index is 12.1. The molecule has 0 aliphatic heterocycles. The normalized spacial score (nSPS) is 10.3. The summed E-state index contributed by atoms with van der Waals surface area (Å²) in [4.78, 5) is 23.2. The number of nitrogens with one attached hydrogen (secondary N) is 1. The van der Waals surface area contributed by atoms with E-state index in [1.54, 1.807) is 19.1 Å². The topological polar surface area (TPSA) is 67.3 Å². The maximum atomic E-state index is 12.1. The lowest BCUT2D eigenvalue weighted by Gasteiger charge is -2.21. The molecule has 1 aromatic heterocycles. The number of carbonyl (C=O) groups is 1. The Kier molecular flexibility index (Phi) is 6.12. The molecule has 128 valence electrons. The SMILES string of the molecule is CCOC(=O)c1ccccc1Nc1nc(C)cc(N(CC)CC)n1. The van der Waals surface area contributed by atoms with E-state index in [9.17, 15) is 4.79 Å². The fourth-order valence-electron chi connectivity index (χ4n) is 2.42. The minimum Gasteiger partial charge on any atom is -0.462 e. The summed E-state index contributed by atoms with van der Waals surface area (Å²) in [7, 11) is 0. The molecule has 0 unspecified atom stereocenters. The second-order valence-electron chi connectivity index (χ2n) is 5.25. The number of hydrogen-bond donors (Lipinski definition) is 1. The summed E-state index contributed by atoms with van der Waals surface area (Å²) >= 11 is 0. The Balaban J connectivity index is 2.33. The summed E-state index contributed by atoms with van der Waals surface area (Å²) in [5, 5.41) is 3.15. The monoisotopic (exact) mass is 328 g/mol. The van der Waals surface area contributed by atoms with Crippen LogP contribution in [0.2, 0.25) is 0 Å². The highest BCUT2D eigenvalue weighted by atomic mass is 16.5. The lowest BCUT2D eigenvalue weighted by Crippen LogP contribution is -2.23. The Hall–Kier alpha value is -2.63. The summed E-state index contributed by atoms with van der Waals surface area (Å²) in [5.41, 5.74) is 1.96. The minimum atomic E-state index is -0.364. The van der Waals surface area contributed by atoms with E-state index in [-0.39, 0.29) is 5.97 Å². The van der Waals surface area contributed by atoms with Gasteiger partial charge in [-0.3, -0.25) is 0 Å². The molecule has 0 spiro atoms. The van der Waals surface area contributed by atoms with Crippen molar-refractivity contribution in [1.29, 1.82) is 0 Å². The first-order chi connectivity index (χ1) is 11.6. The molecular formula is C18H24N4O2. The van der Waals surface area contributed by atoms with Crippen LogP contribution in [0.25, 0.3) is 0 Å². The number of aryl methyl sites for hydroxylation is 1. The molecule has 0 bridgehead atoms. The van der Waals surface area contributed by atoms with Crippen LogP contribution in [-0.2, 0) is 4.74 Å². The molecule has 0 saturated carbocycles. The second kappa shape index (κ2) is 8.29. The quantitative estimate of drug-likeness (QED) is 0.784. The molecule has 6 heteroatoms. The van der Waals surface area contributed by atoms with Crippen LogP contribution in [0.15, 0.2) is 30.3 Å². The number of aromatic nitrogens is 2. The average molecular weight is 328 g/mol. The van der Waals surface area contributed by atoms with Crippen LogP contribution in [0.3, 0.4) is 0 Å². The number of rotatable bonds is 7. The standard InChI is InChI=1S/C18H24N4O2/c1-5-22(6-2)16-12-13(4)19-18(21-16)20-15-11-9-8-10-14(15)17(23)24-7-3/h8-12H,5-7H2,1-4H3,(H,19,20,21). The van der Waals surface area contributed by atoms with Gasteiger partial charge in [0, 0.05) is 24.8 Å². The van der Waals surface area contributed by atoms with Gasteiger partial charge in [-0.2, -0.15) is 4.98 Å². The van der Waals surface area contributed by atoms with Gasteiger partial charge in [0.1, 0.15) is 5.82 Å². The van der Waals surface area contributed by atoms with Crippen molar-refractivity contribution in [3.63, 3.8) is 0 Å². The van der Waals surface area contributed by atoms with Crippen LogP contribution < -0.4 is 10.2 Å². The third-order valence-electron chi connectivity index (χ3n) is 3.60. The van der Waals surface area contributed by atoms with Crippen LogP contribution >= 0.6 is 0 Å². The van der Waals surface area contributed by atoms with E-state index >= 15 is 0 Å². The number of hydrogen-bond acceptors (Lipinski definition) is 6. The largest absolute Gasteiger partial charge is 0.462 e. The fourth-order valence-corrected chi connectivity index (χ4v) is 2.42.